The zero-order chi connectivity index (χ0) is 19.2. The number of methoxy groups -OCH3 is 2. The molecule has 0 bridgehead atoms. The lowest BCUT2D eigenvalue weighted by Gasteiger charge is -2.11. The number of hydrogen-bond acceptors (Lipinski definition) is 7. The molecule has 0 radical (unpaired) electrons. The minimum absolute atomic E-state index is 0.228. The van der Waals surface area contributed by atoms with Crippen LogP contribution >= 0.6 is 11.7 Å². The van der Waals surface area contributed by atoms with Crippen molar-refractivity contribution >= 4 is 23.3 Å². The molecule has 1 amide bonds. The van der Waals surface area contributed by atoms with Crippen molar-refractivity contribution in [3.8, 4) is 17.2 Å². The lowest BCUT2D eigenvalue weighted by Crippen LogP contribution is -2.12. The molecule has 8 heteroatoms. The molecule has 140 valence electrons. The first kappa shape index (κ1) is 18.7. The van der Waals surface area contributed by atoms with E-state index in [4.69, 9.17) is 14.2 Å². The highest BCUT2D eigenvalue weighted by Crippen LogP contribution is 2.30. The number of amides is 1. The first-order chi connectivity index (χ1) is 13.1. The Labute approximate surface area is 161 Å². The van der Waals surface area contributed by atoms with Crippen molar-refractivity contribution in [2.75, 3.05) is 19.5 Å². The maximum atomic E-state index is 12.4. The van der Waals surface area contributed by atoms with Crippen molar-refractivity contribution in [3.05, 3.63) is 59.4 Å². The SMILES string of the molecule is COc1ccc(NC(=O)c2ccc(OCc3nsnc3C)cc2)cc1OC. The van der Waals surface area contributed by atoms with Gasteiger partial charge in [-0.1, -0.05) is 0 Å². The van der Waals surface area contributed by atoms with Gasteiger partial charge in [0.2, 0.25) is 0 Å². The Hall–Kier alpha value is -3.13. The fourth-order valence-electron chi connectivity index (χ4n) is 2.35. The number of carbonyl (C=O) groups excluding carboxylic acids is 1. The van der Waals surface area contributed by atoms with Gasteiger partial charge in [0.1, 0.15) is 18.1 Å². The molecule has 7 nitrogen and oxygen atoms in total. The number of hydrogen-bond donors (Lipinski definition) is 1. The van der Waals surface area contributed by atoms with Crippen molar-refractivity contribution in [2.24, 2.45) is 0 Å². The molecule has 0 saturated carbocycles. The largest absolute Gasteiger partial charge is 0.493 e. The second-order valence-electron chi connectivity index (χ2n) is 5.63. The van der Waals surface area contributed by atoms with Crippen molar-refractivity contribution in [1.82, 2.24) is 8.75 Å². The molecule has 27 heavy (non-hydrogen) atoms. The molecule has 3 rings (SSSR count). The summed E-state index contributed by atoms with van der Waals surface area (Å²) in [6.07, 6.45) is 0. The van der Waals surface area contributed by atoms with Gasteiger partial charge in [0.05, 0.1) is 31.6 Å². The molecule has 2 aromatic carbocycles. The maximum Gasteiger partial charge on any atom is 0.255 e. The molecule has 0 aliphatic rings. The average molecular weight is 385 g/mol. The molecule has 1 N–H and O–H groups in total. The monoisotopic (exact) mass is 385 g/mol. The van der Waals surface area contributed by atoms with E-state index in [1.807, 2.05) is 6.92 Å². The van der Waals surface area contributed by atoms with Crippen LogP contribution in [0.2, 0.25) is 0 Å². The van der Waals surface area contributed by atoms with Gasteiger partial charge in [0.15, 0.2) is 11.5 Å². The Morgan fingerprint density at radius 2 is 1.78 bits per heavy atom. The summed E-state index contributed by atoms with van der Waals surface area (Å²) in [6.45, 7) is 2.24. The summed E-state index contributed by atoms with van der Waals surface area (Å²) in [5.74, 6) is 1.58. The van der Waals surface area contributed by atoms with Crippen LogP contribution in [0.15, 0.2) is 42.5 Å². The number of carbonyl (C=O) groups is 1. The summed E-state index contributed by atoms with van der Waals surface area (Å²) in [4.78, 5) is 12.4. The number of nitrogens with one attached hydrogen (secondary N) is 1. The number of aryl methyl sites for hydroxylation is 1. The minimum Gasteiger partial charge on any atom is -0.493 e. The minimum atomic E-state index is -0.228. The summed E-state index contributed by atoms with van der Waals surface area (Å²) in [5, 5.41) is 2.83. The topological polar surface area (TPSA) is 82.6 Å². The van der Waals surface area contributed by atoms with E-state index >= 15 is 0 Å². The highest BCUT2D eigenvalue weighted by Gasteiger charge is 2.10. The van der Waals surface area contributed by atoms with Crippen LogP contribution in [-0.4, -0.2) is 28.9 Å². The van der Waals surface area contributed by atoms with Gasteiger partial charge in [0.25, 0.3) is 5.91 Å². The van der Waals surface area contributed by atoms with Crippen LogP contribution < -0.4 is 19.5 Å². The van der Waals surface area contributed by atoms with E-state index in [1.165, 1.54) is 0 Å². The van der Waals surface area contributed by atoms with Crippen LogP contribution in [0.25, 0.3) is 0 Å². The first-order valence-electron chi connectivity index (χ1n) is 8.15. The summed E-state index contributed by atoms with van der Waals surface area (Å²) < 4.78 is 24.4. The van der Waals surface area contributed by atoms with Crippen molar-refractivity contribution in [2.45, 2.75) is 13.5 Å². The average Bonchev–Trinajstić information content (AvgIpc) is 3.11. The Kier molecular flexibility index (Phi) is 5.87. The summed E-state index contributed by atoms with van der Waals surface area (Å²) in [6, 6.07) is 12.1. The number of rotatable bonds is 7. The molecule has 3 aromatic rings. The highest BCUT2D eigenvalue weighted by molar-refractivity contribution is 6.99. The lowest BCUT2D eigenvalue weighted by molar-refractivity contribution is 0.102. The molecular weight excluding hydrogens is 366 g/mol. The number of aromatic nitrogens is 2. The summed E-state index contributed by atoms with van der Waals surface area (Å²) in [7, 11) is 3.11. The maximum absolute atomic E-state index is 12.4. The number of nitrogens with zero attached hydrogens (tertiary/aromatic N) is 2. The third kappa shape index (κ3) is 4.53. The van der Waals surface area contributed by atoms with E-state index in [-0.39, 0.29) is 5.91 Å². The van der Waals surface area contributed by atoms with Crippen molar-refractivity contribution in [1.29, 1.82) is 0 Å². The van der Waals surface area contributed by atoms with Gasteiger partial charge in [-0.15, -0.1) is 0 Å². The van der Waals surface area contributed by atoms with E-state index in [0.717, 1.165) is 23.1 Å². The van der Waals surface area contributed by atoms with Gasteiger partial charge in [-0.05, 0) is 43.3 Å². The van der Waals surface area contributed by atoms with Gasteiger partial charge in [-0.25, -0.2) is 0 Å². The van der Waals surface area contributed by atoms with Crippen molar-refractivity contribution < 1.29 is 19.0 Å². The van der Waals surface area contributed by atoms with Gasteiger partial charge < -0.3 is 19.5 Å². The first-order valence-corrected chi connectivity index (χ1v) is 8.88. The van der Waals surface area contributed by atoms with Crippen LogP contribution in [0.5, 0.6) is 17.2 Å². The standard InChI is InChI=1S/C19H19N3O4S/c1-12-16(22-27-21-12)11-26-15-7-4-13(5-8-15)19(23)20-14-6-9-17(24-2)18(10-14)25-3/h4-10H,11H2,1-3H3,(H,20,23). The zero-order valence-corrected chi connectivity index (χ0v) is 16.0. The lowest BCUT2D eigenvalue weighted by atomic mass is 10.2. The highest BCUT2D eigenvalue weighted by atomic mass is 32.1. The molecule has 0 fully saturated rings. The van der Waals surface area contributed by atoms with Crippen LogP contribution in [0, 0.1) is 6.92 Å². The Bertz CT molecular complexity index is 925. The second kappa shape index (κ2) is 8.50. The Morgan fingerprint density at radius 1 is 1.04 bits per heavy atom. The van der Waals surface area contributed by atoms with Crippen LogP contribution in [0.1, 0.15) is 21.7 Å². The molecular formula is C19H19N3O4S. The number of ether oxygens (including phenoxy) is 3. The number of anilines is 1. The van der Waals surface area contributed by atoms with Crippen LogP contribution in [0.3, 0.4) is 0 Å². The molecule has 0 aliphatic heterocycles. The Balaban J connectivity index is 1.63. The molecule has 0 unspecified atom stereocenters. The third-order valence-electron chi connectivity index (χ3n) is 3.88. The fraction of sp³-hybridized carbons (Fsp3) is 0.211. The van der Waals surface area contributed by atoms with Crippen LogP contribution in [0.4, 0.5) is 5.69 Å². The molecule has 0 atom stereocenters. The van der Waals surface area contributed by atoms with Gasteiger partial charge in [-0.2, -0.15) is 8.75 Å². The molecule has 0 aliphatic carbocycles. The van der Waals surface area contributed by atoms with Gasteiger partial charge >= 0.3 is 0 Å². The van der Waals surface area contributed by atoms with Crippen molar-refractivity contribution in [3.63, 3.8) is 0 Å². The molecule has 0 spiro atoms. The zero-order valence-electron chi connectivity index (χ0n) is 15.2. The second-order valence-corrected chi connectivity index (χ2v) is 6.16. The quantitative estimate of drug-likeness (QED) is 0.668. The normalized spacial score (nSPS) is 10.3. The fourth-order valence-corrected chi connectivity index (χ4v) is 2.90. The predicted molar refractivity (Wildman–Crippen MR) is 103 cm³/mol. The molecule has 0 saturated heterocycles. The van der Waals surface area contributed by atoms with E-state index in [0.29, 0.717) is 35.1 Å². The third-order valence-corrected chi connectivity index (χ3v) is 4.54. The molecule has 1 heterocycles. The van der Waals surface area contributed by atoms with Crippen LogP contribution in [-0.2, 0) is 6.61 Å². The van der Waals surface area contributed by atoms with Gasteiger partial charge in [0, 0.05) is 17.3 Å². The molecule has 1 aromatic heterocycles. The van der Waals surface area contributed by atoms with Gasteiger partial charge in [-0.3, -0.25) is 4.79 Å². The van der Waals surface area contributed by atoms with E-state index in [9.17, 15) is 4.79 Å². The number of benzene rings is 2. The van der Waals surface area contributed by atoms with E-state index < -0.39 is 0 Å². The summed E-state index contributed by atoms with van der Waals surface area (Å²) >= 11 is 1.16. The van der Waals surface area contributed by atoms with E-state index in [1.54, 1.807) is 56.7 Å². The smallest absolute Gasteiger partial charge is 0.255 e. The Morgan fingerprint density at radius 3 is 2.41 bits per heavy atom. The summed E-state index contributed by atoms with van der Waals surface area (Å²) in [5.41, 5.74) is 2.81. The van der Waals surface area contributed by atoms with E-state index in [2.05, 4.69) is 14.1 Å². The predicted octanol–water partition coefficient (Wildman–Crippen LogP) is 3.70.